The summed E-state index contributed by atoms with van der Waals surface area (Å²) in [4.78, 5) is 8.24. The van der Waals surface area contributed by atoms with E-state index < -0.39 is 15.8 Å². The second-order valence-electron chi connectivity index (χ2n) is 7.60. The SMILES string of the molecule is CC1CCN(S(=O)(=O)c2ccccc2-c2ccc(-c3cnc(N)cn3)c(F)c2)CC1. The van der Waals surface area contributed by atoms with Crippen LogP contribution in [0.1, 0.15) is 19.8 Å². The standard InChI is InChI=1S/C22H23FN4O2S/c1-15-8-10-27(11-9-15)30(28,29)21-5-3-2-4-17(21)16-6-7-18(19(23)12-16)20-13-26-22(24)14-25-20/h2-7,12-15H,8-11H2,1H3,(H2,24,26). The van der Waals surface area contributed by atoms with Gasteiger partial charge in [-0.1, -0.05) is 31.2 Å². The van der Waals surface area contributed by atoms with Crippen molar-refractivity contribution in [3.05, 3.63) is 60.7 Å². The van der Waals surface area contributed by atoms with E-state index in [1.165, 1.54) is 22.8 Å². The predicted octanol–water partition coefficient (Wildman–Crippen LogP) is 3.95. The molecule has 0 spiro atoms. The smallest absolute Gasteiger partial charge is 0.243 e. The highest BCUT2D eigenvalue weighted by atomic mass is 32.2. The van der Waals surface area contributed by atoms with Gasteiger partial charge in [0.25, 0.3) is 0 Å². The molecule has 0 saturated carbocycles. The van der Waals surface area contributed by atoms with Crippen molar-refractivity contribution in [3.8, 4) is 22.4 Å². The van der Waals surface area contributed by atoms with Gasteiger partial charge in [0, 0.05) is 24.2 Å². The van der Waals surface area contributed by atoms with Gasteiger partial charge in [-0.15, -0.1) is 0 Å². The average molecular weight is 427 g/mol. The van der Waals surface area contributed by atoms with Gasteiger partial charge in [-0.05, 0) is 42.5 Å². The van der Waals surface area contributed by atoms with Crippen molar-refractivity contribution in [2.75, 3.05) is 18.8 Å². The molecule has 2 heterocycles. The van der Waals surface area contributed by atoms with E-state index in [1.54, 1.807) is 36.4 Å². The fourth-order valence-electron chi connectivity index (χ4n) is 3.66. The first-order chi connectivity index (χ1) is 14.4. The summed E-state index contributed by atoms with van der Waals surface area (Å²) >= 11 is 0. The third-order valence-corrected chi connectivity index (χ3v) is 7.43. The van der Waals surface area contributed by atoms with Gasteiger partial charge in [0.05, 0.1) is 23.0 Å². The fraction of sp³-hybridized carbons (Fsp3) is 0.273. The molecule has 4 rings (SSSR count). The van der Waals surface area contributed by atoms with Crippen LogP contribution >= 0.6 is 0 Å². The first kappa shape index (κ1) is 20.4. The number of rotatable bonds is 4. The Labute approximate surface area is 175 Å². The number of sulfonamides is 1. The first-order valence-electron chi connectivity index (χ1n) is 9.83. The Morgan fingerprint density at radius 2 is 1.77 bits per heavy atom. The quantitative estimate of drug-likeness (QED) is 0.682. The van der Waals surface area contributed by atoms with Gasteiger partial charge in [0.2, 0.25) is 10.0 Å². The predicted molar refractivity (Wildman–Crippen MR) is 114 cm³/mol. The molecule has 0 amide bonds. The van der Waals surface area contributed by atoms with Gasteiger partial charge < -0.3 is 5.73 Å². The molecule has 0 radical (unpaired) electrons. The van der Waals surface area contributed by atoms with Crippen molar-refractivity contribution in [2.45, 2.75) is 24.7 Å². The van der Waals surface area contributed by atoms with Crippen molar-refractivity contribution in [2.24, 2.45) is 5.92 Å². The van der Waals surface area contributed by atoms with Crippen LogP contribution < -0.4 is 5.73 Å². The number of hydrogen-bond acceptors (Lipinski definition) is 5. The van der Waals surface area contributed by atoms with Crippen molar-refractivity contribution in [1.82, 2.24) is 14.3 Å². The summed E-state index contributed by atoms with van der Waals surface area (Å²) in [6.07, 6.45) is 4.45. The number of nitrogens with zero attached hydrogens (tertiary/aromatic N) is 3. The van der Waals surface area contributed by atoms with E-state index in [0.29, 0.717) is 35.8 Å². The van der Waals surface area contributed by atoms with Gasteiger partial charge in [-0.2, -0.15) is 4.31 Å². The van der Waals surface area contributed by atoms with E-state index in [4.69, 9.17) is 5.73 Å². The van der Waals surface area contributed by atoms with E-state index >= 15 is 0 Å². The zero-order valence-corrected chi connectivity index (χ0v) is 17.4. The lowest BCUT2D eigenvalue weighted by molar-refractivity contribution is 0.288. The van der Waals surface area contributed by atoms with E-state index in [-0.39, 0.29) is 16.3 Å². The molecule has 1 aliphatic rings. The molecular formula is C22H23FN4O2S. The Hall–Kier alpha value is -2.84. The number of nitrogens with two attached hydrogens (primary N) is 1. The van der Waals surface area contributed by atoms with Crippen LogP contribution in [0, 0.1) is 11.7 Å². The minimum atomic E-state index is -3.67. The van der Waals surface area contributed by atoms with Crippen LogP contribution in [0.15, 0.2) is 59.8 Å². The molecule has 0 aliphatic carbocycles. The summed E-state index contributed by atoms with van der Waals surface area (Å²) in [5.74, 6) is 0.261. The van der Waals surface area contributed by atoms with Gasteiger partial charge >= 0.3 is 0 Å². The molecule has 30 heavy (non-hydrogen) atoms. The second-order valence-corrected chi connectivity index (χ2v) is 9.51. The maximum Gasteiger partial charge on any atom is 0.243 e. The Kier molecular flexibility index (Phi) is 5.53. The van der Waals surface area contributed by atoms with Crippen LogP contribution in [-0.2, 0) is 10.0 Å². The zero-order valence-electron chi connectivity index (χ0n) is 16.6. The van der Waals surface area contributed by atoms with E-state index in [2.05, 4.69) is 16.9 Å². The molecule has 1 saturated heterocycles. The van der Waals surface area contributed by atoms with E-state index in [0.717, 1.165) is 12.8 Å². The minimum Gasteiger partial charge on any atom is -0.382 e. The second kappa shape index (κ2) is 8.12. The Balaban J connectivity index is 1.72. The van der Waals surface area contributed by atoms with Gasteiger partial charge in [-0.3, -0.25) is 4.98 Å². The van der Waals surface area contributed by atoms with E-state index in [1.807, 2.05) is 0 Å². The van der Waals surface area contributed by atoms with Gasteiger partial charge in [-0.25, -0.2) is 17.8 Å². The molecule has 2 N–H and O–H groups in total. The van der Waals surface area contributed by atoms with Crippen LogP contribution in [0.4, 0.5) is 10.2 Å². The van der Waals surface area contributed by atoms with Gasteiger partial charge in [0.1, 0.15) is 11.6 Å². The topological polar surface area (TPSA) is 89.2 Å². The number of piperidine rings is 1. The molecule has 156 valence electrons. The van der Waals surface area contributed by atoms with Crippen LogP contribution in [-0.4, -0.2) is 35.8 Å². The third kappa shape index (κ3) is 3.93. The monoisotopic (exact) mass is 426 g/mol. The highest BCUT2D eigenvalue weighted by molar-refractivity contribution is 7.89. The summed E-state index contributed by atoms with van der Waals surface area (Å²) < 4.78 is 43.0. The molecule has 3 aromatic rings. The van der Waals surface area contributed by atoms with Crippen molar-refractivity contribution >= 4 is 15.8 Å². The maximum absolute atomic E-state index is 14.9. The average Bonchev–Trinajstić information content (AvgIpc) is 2.75. The Morgan fingerprint density at radius 3 is 2.43 bits per heavy atom. The number of aromatic nitrogens is 2. The summed E-state index contributed by atoms with van der Waals surface area (Å²) in [5.41, 5.74) is 7.14. The summed E-state index contributed by atoms with van der Waals surface area (Å²) in [5, 5.41) is 0. The number of nitrogen functional groups attached to an aromatic ring is 1. The lowest BCUT2D eigenvalue weighted by Gasteiger charge is -2.30. The Bertz CT molecular complexity index is 1160. The molecule has 0 unspecified atom stereocenters. The molecule has 0 bridgehead atoms. The van der Waals surface area contributed by atoms with Gasteiger partial charge in [0.15, 0.2) is 0 Å². The van der Waals surface area contributed by atoms with Crippen LogP contribution in [0.3, 0.4) is 0 Å². The summed E-state index contributed by atoms with van der Waals surface area (Å²) in [7, 11) is -3.67. The highest BCUT2D eigenvalue weighted by Crippen LogP contribution is 2.33. The minimum absolute atomic E-state index is 0.193. The van der Waals surface area contributed by atoms with Crippen LogP contribution in [0.5, 0.6) is 0 Å². The molecular weight excluding hydrogens is 403 g/mol. The van der Waals surface area contributed by atoms with Crippen LogP contribution in [0.25, 0.3) is 22.4 Å². The number of hydrogen-bond donors (Lipinski definition) is 1. The molecule has 1 aliphatic heterocycles. The lowest BCUT2D eigenvalue weighted by Crippen LogP contribution is -2.38. The molecule has 8 heteroatoms. The highest BCUT2D eigenvalue weighted by Gasteiger charge is 2.30. The fourth-order valence-corrected chi connectivity index (χ4v) is 5.35. The van der Waals surface area contributed by atoms with Crippen LogP contribution in [0.2, 0.25) is 0 Å². The molecule has 2 aromatic carbocycles. The molecule has 6 nitrogen and oxygen atoms in total. The Morgan fingerprint density at radius 1 is 1.03 bits per heavy atom. The maximum atomic E-state index is 14.9. The summed E-state index contributed by atoms with van der Waals surface area (Å²) in [6.45, 7) is 3.13. The largest absolute Gasteiger partial charge is 0.382 e. The van der Waals surface area contributed by atoms with Crippen molar-refractivity contribution in [3.63, 3.8) is 0 Å². The summed E-state index contributed by atoms with van der Waals surface area (Å²) in [6, 6.07) is 11.3. The lowest BCUT2D eigenvalue weighted by atomic mass is 10.0. The molecule has 1 aromatic heterocycles. The molecule has 1 fully saturated rings. The van der Waals surface area contributed by atoms with E-state index in [9.17, 15) is 12.8 Å². The van der Waals surface area contributed by atoms with Crippen molar-refractivity contribution in [1.29, 1.82) is 0 Å². The number of anilines is 1. The van der Waals surface area contributed by atoms with Crippen molar-refractivity contribution < 1.29 is 12.8 Å². The first-order valence-corrected chi connectivity index (χ1v) is 11.3. The molecule has 0 atom stereocenters. The zero-order chi connectivity index (χ0) is 21.3. The number of benzene rings is 2. The third-order valence-electron chi connectivity index (χ3n) is 5.48. The normalized spacial score (nSPS) is 15.9. The number of halogens is 1.